The van der Waals surface area contributed by atoms with Gasteiger partial charge in [0.15, 0.2) is 0 Å². The lowest BCUT2D eigenvalue weighted by molar-refractivity contribution is -0.130. The van der Waals surface area contributed by atoms with Crippen LogP contribution in [0, 0.1) is 12.7 Å². The molecule has 206 valence electrons. The second kappa shape index (κ2) is 15.7. The molecule has 0 bridgehead atoms. The quantitative estimate of drug-likeness (QED) is 0.121. The zero-order valence-corrected chi connectivity index (χ0v) is 23.5. The number of carboxylic acid groups (broad SMARTS) is 1. The molecule has 0 saturated carbocycles. The Labute approximate surface area is 233 Å². The first kappa shape index (κ1) is 29.9. The molecular formula is C35H41FO3. The average Bonchev–Trinajstić information content (AvgIpc) is 2.94. The Balaban J connectivity index is 1.67. The molecule has 0 spiro atoms. The second-order valence-electron chi connectivity index (χ2n) is 9.96. The molecule has 0 heterocycles. The van der Waals surface area contributed by atoms with Gasteiger partial charge in [-0.25, -0.2) is 9.18 Å². The number of hydrogen-bond acceptors (Lipinski definition) is 2. The highest BCUT2D eigenvalue weighted by atomic mass is 19.1. The van der Waals surface area contributed by atoms with Gasteiger partial charge in [0.2, 0.25) is 0 Å². The first-order valence-corrected chi connectivity index (χ1v) is 14.2. The van der Waals surface area contributed by atoms with Crippen LogP contribution < -0.4 is 4.74 Å². The van der Waals surface area contributed by atoms with Crippen molar-refractivity contribution in [2.75, 3.05) is 6.61 Å². The third-order valence-corrected chi connectivity index (χ3v) is 6.87. The SMILES string of the molecule is CC/C=C(/C=C(/C(=O)O)c1cc(F)ccc1C)c1ccc(-c2ccc(OCCCCCCCCC)cc2)cc1. The van der Waals surface area contributed by atoms with Crippen LogP contribution in [0.3, 0.4) is 0 Å². The maximum absolute atomic E-state index is 13.9. The first-order chi connectivity index (χ1) is 18.9. The van der Waals surface area contributed by atoms with E-state index in [9.17, 15) is 14.3 Å². The van der Waals surface area contributed by atoms with Gasteiger partial charge in [-0.15, -0.1) is 0 Å². The number of benzene rings is 3. The predicted molar refractivity (Wildman–Crippen MR) is 160 cm³/mol. The number of halogens is 1. The lowest BCUT2D eigenvalue weighted by Crippen LogP contribution is -2.03. The van der Waals surface area contributed by atoms with E-state index in [1.165, 1.54) is 50.7 Å². The van der Waals surface area contributed by atoms with Gasteiger partial charge in [-0.1, -0.05) is 101 Å². The molecule has 0 unspecified atom stereocenters. The van der Waals surface area contributed by atoms with Crippen molar-refractivity contribution in [1.82, 2.24) is 0 Å². The highest BCUT2D eigenvalue weighted by Crippen LogP contribution is 2.29. The lowest BCUT2D eigenvalue weighted by Gasteiger charge is -2.11. The smallest absolute Gasteiger partial charge is 0.336 e. The summed E-state index contributed by atoms with van der Waals surface area (Å²) in [4.78, 5) is 12.1. The summed E-state index contributed by atoms with van der Waals surface area (Å²) < 4.78 is 19.8. The standard InChI is InChI=1S/C35H41FO3/c1-4-6-7-8-9-10-11-23-39-32-21-18-28(19-22-32)27-14-16-29(17-15-27)30(12-5-2)24-34(35(37)38)33-25-31(36)20-13-26(33)3/h12-22,24-25H,4-11,23H2,1-3H3,(H,37,38)/b30-12-,34-24+. The van der Waals surface area contributed by atoms with E-state index in [4.69, 9.17) is 4.74 Å². The third kappa shape index (κ3) is 9.24. The van der Waals surface area contributed by atoms with E-state index in [-0.39, 0.29) is 5.57 Å². The number of carboxylic acids is 1. The first-order valence-electron chi connectivity index (χ1n) is 14.2. The number of unbranched alkanes of at least 4 members (excludes halogenated alkanes) is 6. The molecule has 0 amide bonds. The molecule has 3 aromatic carbocycles. The monoisotopic (exact) mass is 528 g/mol. The van der Waals surface area contributed by atoms with Crippen LogP contribution in [0.5, 0.6) is 5.75 Å². The highest BCUT2D eigenvalue weighted by Gasteiger charge is 2.15. The molecule has 0 saturated heterocycles. The van der Waals surface area contributed by atoms with Crippen LogP contribution in [-0.2, 0) is 4.79 Å². The Hall–Kier alpha value is -3.66. The van der Waals surface area contributed by atoms with Gasteiger partial charge in [0.1, 0.15) is 11.6 Å². The minimum atomic E-state index is -1.09. The van der Waals surface area contributed by atoms with Crippen LogP contribution in [0.15, 0.2) is 78.9 Å². The van der Waals surface area contributed by atoms with Crippen LogP contribution in [0.1, 0.15) is 81.9 Å². The Morgan fingerprint density at radius 2 is 1.46 bits per heavy atom. The van der Waals surface area contributed by atoms with Gasteiger partial charge < -0.3 is 9.84 Å². The fourth-order valence-corrected chi connectivity index (χ4v) is 4.62. The van der Waals surface area contributed by atoms with Crippen molar-refractivity contribution in [2.24, 2.45) is 0 Å². The molecule has 0 aliphatic rings. The number of hydrogen-bond donors (Lipinski definition) is 1. The molecule has 3 nitrogen and oxygen atoms in total. The summed E-state index contributed by atoms with van der Waals surface area (Å²) in [7, 11) is 0. The number of carbonyl (C=O) groups is 1. The van der Waals surface area contributed by atoms with Gasteiger partial charge in [-0.3, -0.25) is 0 Å². The Morgan fingerprint density at radius 3 is 2.08 bits per heavy atom. The van der Waals surface area contributed by atoms with Gasteiger partial charge in [0.05, 0.1) is 12.2 Å². The zero-order valence-electron chi connectivity index (χ0n) is 23.5. The van der Waals surface area contributed by atoms with Crippen molar-refractivity contribution in [3.8, 4) is 16.9 Å². The third-order valence-electron chi connectivity index (χ3n) is 6.87. The van der Waals surface area contributed by atoms with Crippen LogP contribution in [0.4, 0.5) is 4.39 Å². The summed E-state index contributed by atoms with van der Waals surface area (Å²) in [6, 6.07) is 20.4. The van der Waals surface area contributed by atoms with E-state index >= 15 is 0 Å². The molecule has 0 aliphatic carbocycles. The van der Waals surface area contributed by atoms with Gasteiger partial charge >= 0.3 is 5.97 Å². The number of aliphatic carboxylic acids is 1. The molecule has 1 N–H and O–H groups in total. The molecule has 0 aromatic heterocycles. The molecule has 39 heavy (non-hydrogen) atoms. The van der Waals surface area contributed by atoms with Crippen molar-refractivity contribution in [2.45, 2.75) is 72.1 Å². The Bertz CT molecular complexity index is 1250. The molecule has 0 radical (unpaired) electrons. The van der Waals surface area contributed by atoms with Crippen LogP contribution in [0.25, 0.3) is 22.3 Å². The normalized spacial score (nSPS) is 12.0. The summed E-state index contributed by atoms with van der Waals surface area (Å²) in [6.45, 7) is 6.78. The topological polar surface area (TPSA) is 46.5 Å². The largest absolute Gasteiger partial charge is 0.494 e. The summed E-state index contributed by atoms with van der Waals surface area (Å²) in [5.41, 5.74) is 5.02. The van der Waals surface area contributed by atoms with Gasteiger partial charge in [-0.2, -0.15) is 0 Å². The molecular weight excluding hydrogens is 487 g/mol. The maximum Gasteiger partial charge on any atom is 0.336 e. The molecule has 0 atom stereocenters. The number of rotatable bonds is 15. The summed E-state index contributed by atoms with van der Waals surface area (Å²) in [5.74, 6) is -0.660. The fourth-order valence-electron chi connectivity index (χ4n) is 4.62. The van der Waals surface area contributed by atoms with Gasteiger partial charge in [0.25, 0.3) is 0 Å². The molecule has 3 rings (SSSR count). The summed E-state index contributed by atoms with van der Waals surface area (Å²) >= 11 is 0. The van der Waals surface area contributed by atoms with E-state index < -0.39 is 11.8 Å². The van der Waals surface area contributed by atoms with E-state index in [0.717, 1.165) is 47.5 Å². The second-order valence-corrected chi connectivity index (χ2v) is 9.96. The van der Waals surface area contributed by atoms with Crippen molar-refractivity contribution in [3.05, 3.63) is 101 Å². The van der Waals surface area contributed by atoms with Crippen molar-refractivity contribution in [3.63, 3.8) is 0 Å². The lowest BCUT2D eigenvalue weighted by atomic mass is 9.94. The van der Waals surface area contributed by atoms with E-state index in [1.54, 1.807) is 19.1 Å². The van der Waals surface area contributed by atoms with Crippen molar-refractivity contribution in [1.29, 1.82) is 0 Å². The van der Waals surface area contributed by atoms with Crippen LogP contribution in [0.2, 0.25) is 0 Å². The fraction of sp³-hybridized carbons (Fsp3) is 0.343. The van der Waals surface area contributed by atoms with E-state index in [2.05, 4.69) is 19.1 Å². The van der Waals surface area contributed by atoms with Gasteiger partial charge in [-0.05, 0) is 83.5 Å². The summed E-state index contributed by atoms with van der Waals surface area (Å²) in [5, 5.41) is 9.91. The number of allylic oxidation sites excluding steroid dienone is 3. The molecule has 0 aliphatic heterocycles. The minimum Gasteiger partial charge on any atom is -0.494 e. The van der Waals surface area contributed by atoms with Gasteiger partial charge in [0, 0.05) is 0 Å². The maximum atomic E-state index is 13.9. The molecule has 4 heteroatoms. The van der Waals surface area contributed by atoms with Crippen molar-refractivity contribution >= 4 is 17.1 Å². The van der Waals surface area contributed by atoms with Crippen LogP contribution in [-0.4, -0.2) is 17.7 Å². The highest BCUT2D eigenvalue weighted by molar-refractivity contribution is 6.18. The van der Waals surface area contributed by atoms with Crippen LogP contribution >= 0.6 is 0 Å². The minimum absolute atomic E-state index is 0.0721. The zero-order chi connectivity index (χ0) is 28.0. The molecule has 3 aromatic rings. The van der Waals surface area contributed by atoms with Crippen molar-refractivity contribution < 1.29 is 19.0 Å². The van der Waals surface area contributed by atoms with E-state index in [0.29, 0.717) is 11.1 Å². The van der Waals surface area contributed by atoms with E-state index in [1.807, 2.05) is 49.4 Å². The Kier molecular flexibility index (Phi) is 12.0. The Morgan fingerprint density at radius 1 is 0.846 bits per heavy atom. The predicted octanol–water partition coefficient (Wildman–Crippen LogP) is 9.89. The number of aryl methyl sites for hydroxylation is 1. The number of ether oxygens (including phenoxy) is 1. The molecule has 0 fully saturated rings. The average molecular weight is 529 g/mol. The summed E-state index contributed by atoms with van der Waals surface area (Å²) in [6.07, 6.45) is 13.2.